The third-order valence-corrected chi connectivity index (χ3v) is 2.48. The Morgan fingerprint density at radius 1 is 1.31 bits per heavy atom. The second-order valence-electron chi connectivity index (χ2n) is 3.70. The van der Waals surface area contributed by atoms with E-state index in [-0.39, 0.29) is 11.8 Å². The monoisotopic (exact) mass is 223 g/mol. The smallest absolute Gasteiger partial charge is 0.220 e. The number of carbonyl (C=O) groups is 1. The first kappa shape index (κ1) is 12.4. The number of benzene rings is 1. The topological polar surface area (TPSA) is 61.5 Å². The first-order chi connectivity index (χ1) is 7.58. The van der Waals surface area contributed by atoms with Crippen LogP contribution in [-0.2, 0) is 11.2 Å². The molecule has 4 nitrogen and oxygen atoms in total. The van der Waals surface area contributed by atoms with Crippen LogP contribution in [-0.4, -0.2) is 20.1 Å². The van der Waals surface area contributed by atoms with Gasteiger partial charge in [-0.2, -0.15) is 0 Å². The molecule has 0 radical (unpaired) electrons. The Hall–Kier alpha value is -1.71. The van der Waals surface area contributed by atoms with E-state index in [0.717, 1.165) is 5.56 Å². The summed E-state index contributed by atoms with van der Waals surface area (Å²) < 4.78 is 10.3. The minimum absolute atomic E-state index is 0.182. The van der Waals surface area contributed by atoms with E-state index < -0.39 is 0 Å². The van der Waals surface area contributed by atoms with Crippen molar-refractivity contribution in [1.29, 1.82) is 0 Å². The normalized spacial score (nSPS) is 11.9. The number of rotatable bonds is 5. The number of carbonyl (C=O) groups excluding carboxylic acids is 1. The predicted molar refractivity (Wildman–Crippen MR) is 61.6 cm³/mol. The number of hydrogen-bond acceptors (Lipinski definition) is 3. The van der Waals surface area contributed by atoms with Gasteiger partial charge in [0.1, 0.15) is 0 Å². The minimum Gasteiger partial charge on any atom is -0.493 e. The van der Waals surface area contributed by atoms with Crippen molar-refractivity contribution in [2.75, 3.05) is 14.2 Å². The van der Waals surface area contributed by atoms with E-state index in [2.05, 4.69) is 0 Å². The number of hydrogen-bond donors (Lipinski definition) is 1. The molecular formula is C12H17NO3. The maximum absolute atomic E-state index is 10.9. The van der Waals surface area contributed by atoms with Crippen LogP contribution in [0, 0.1) is 5.92 Å². The highest BCUT2D eigenvalue weighted by Crippen LogP contribution is 2.28. The van der Waals surface area contributed by atoms with E-state index in [9.17, 15) is 4.79 Å². The Morgan fingerprint density at radius 2 is 1.94 bits per heavy atom. The summed E-state index contributed by atoms with van der Waals surface area (Å²) in [6.45, 7) is 1.80. The molecule has 0 unspecified atom stereocenters. The van der Waals surface area contributed by atoms with Gasteiger partial charge in [-0.3, -0.25) is 4.79 Å². The first-order valence-corrected chi connectivity index (χ1v) is 5.08. The van der Waals surface area contributed by atoms with E-state index in [1.807, 2.05) is 18.2 Å². The predicted octanol–water partition coefficient (Wildman–Crippen LogP) is 1.37. The summed E-state index contributed by atoms with van der Waals surface area (Å²) in [5, 5.41) is 0. The van der Waals surface area contributed by atoms with E-state index in [0.29, 0.717) is 17.9 Å². The van der Waals surface area contributed by atoms with Crippen molar-refractivity contribution in [1.82, 2.24) is 0 Å². The van der Waals surface area contributed by atoms with Gasteiger partial charge in [0.15, 0.2) is 11.5 Å². The molecule has 1 amide bonds. The maximum atomic E-state index is 10.9. The Balaban J connectivity index is 2.86. The summed E-state index contributed by atoms with van der Waals surface area (Å²) in [6.07, 6.45) is 0.607. The van der Waals surface area contributed by atoms with Crippen LogP contribution < -0.4 is 15.2 Å². The van der Waals surface area contributed by atoms with Gasteiger partial charge < -0.3 is 15.2 Å². The molecule has 0 saturated heterocycles. The summed E-state index contributed by atoms with van der Waals surface area (Å²) in [6, 6.07) is 5.58. The second kappa shape index (κ2) is 5.39. The maximum Gasteiger partial charge on any atom is 0.220 e. The lowest BCUT2D eigenvalue weighted by atomic mass is 10.0. The lowest BCUT2D eigenvalue weighted by molar-refractivity contribution is -0.121. The number of primary amides is 1. The number of nitrogens with two attached hydrogens (primary N) is 1. The molecule has 0 heterocycles. The van der Waals surface area contributed by atoms with Crippen LogP contribution in [0.15, 0.2) is 18.2 Å². The zero-order chi connectivity index (χ0) is 12.1. The molecule has 88 valence electrons. The van der Waals surface area contributed by atoms with Gasteiger partial charge in [0.05, 0.1) is 14.2 Å². The van der Waals surface area contributed by atoms with Gasteiger partial charge in [0.25, 0.3) is 0 Å². The van der Waals surface area contributed by atoms with Crippen LogP contribution in [0.3, 0.4) is 0 Å². The Bertz CT molecular complexity index is 377. The third kappa shape index (κ3) is 2.89. The molecule has 1 atom stereocenters. The van der Waals surface area contributed by atoms with Crippen molar-refractivity contribution < 1.29 is 14.3 Å². The second-order valence-corrected chi connectivity index (χ2v) is 3.70. The van der Waals surface area contributed by atoms with Gasteiger partial charge in [-0.25, -0.2) is 0 Å². The molecule has 16 heavy (non-hydrogen) atoms. The van der Waals surface area contributed by atoms with Gasteiger partial charge in [-0.1, -0.05) is 13.0 Å². The summed E-state index contributed by atoms with van der Waals surface area (Å²) in [5.74, 6) is 0.863. The summed E-state index contributed by atoms with van der Waals surface area (Å²) >= 11 is 0. The van der Waals surface area contributed by atoms with Crippen molar-refractivity contribution in [3.05, 3.63) is 23.8 Å². The quantitative estimate of drug-likeness (QED) is 0.820. The standard InChI is InChI=1S/C12H17NO3/c1-8(12(13)14)6-9-4-5-10(15-2)11(7-9)16-3/h4-5,7-8H,6H2,1-3H3,(H2,13,14)/t8-/m0/s1. The molecule has 0 aliphatic carbocycles. The van der Waals surface area contributed by atoms with Crippen LogP contribution in [0.5, 0.6) is 11.5 Å². The van der Waals surface area contributed by atoms with E-state index in [1.54, 1.807) is 21.1 Å². The molecule has 0 aromatic heterocycles. The molecule has 0 saturated carbocycles. The van der Waals surface area contributed by atoms with Crippen LogP contribution in [0.1, 0.15) is 12.5 Å². The lowest BCUT2D eigenvalue weighted by Crippen LogP contribution is -2.22. The molecule has 0 bridgehead atoms. The molecule has 1 rings (SSSR count). The van der Waals surface area contributed by atoms with Gasteiger partial charge in [-0.15, -0.1) is 0 Å². The van der Waals surface area contributed by atoms with Crippen LogP contribution in [0.4, 0.5) is 0 Å². The molecule has 1 aromatic carbocycles. The van der Waals surface area contributed by atoms with Crippen LogP contribution in [0.25, 0.3) is 0 Å². The van der Waals surface area contributed by atoms with E-state index >= 15 is 0 Å². The molecule has 0 aliphatic heterocycles. The van der Waals surface area contributed by atoms with Gasteiger partial charge >= 0.3 is 0 Å². The zero-order valence-electron chi connectivity index (χ0n) is 9.82. The van der Waals surface area contributed by atoms with Gasteiger partial charge in [0.2, 0.25) is 5.91 Å². The molecule has 4 heteroatoms. The highest BCUT2D eigenvalue weighted by atomic mass is 16.5. The van der Waals surface area contributed by atoms with E-state index in [1.165, 1.54) is 0 Å². The summed E-state index contributed by atoms with van der Waals surface area (Å²) in [7, 11) is 3.17. The molecular weight excluding hydrogens is 206 g/mol. The average molecular weight is 223 g/mol. The Kier molecular flexibility index (Phi) is 4.17. The van der Waals surface area contributed by atoms with Crippen molar-refractivity contribution in [3.8, 4) is 11.5 Å². The lowest BCUT2D eigenvalue weighted by Gasteiger charge is -2.11. The highest BCUT2D eigenvalue weighted by molar-refractivity contribution is 5.76. The molecule has 2 N–H and O–H groups in total. The SMILES string of the molecule is COc1ccc(C[C@H](C)C(N)=O)cc1OC. The summed E-state index contributed by atoms with van der Waals surface area (Å²) in [5.41, 5.74) is 6.22. The number of methoxy groups -OCH3 is 2. The number of amides is 1. The highest BCUT2D eigenvalue weighted by Gasteiger charge is 2.11. The molecule has 0 aliphatic rings. The third-order valence-electron chi connectivity index (χ3n) is 2.48. The molecule has 0 fully saturated rings. The van der Waals surface area contributed by atoms with Crippen molar-refractivity contribution >= 4 is 5.91 Å². The zero-order valence-corrected chi connectivity index (χ0v) is 9.82. The summed E-state index contributed by atoms with van der Waals surface area (Å²) in [4.78, 5) is 10.9. The average Bonchev–Trinajstić information content (AvgIpc) is 2.28. The van der Waals surface area contributed by atoms with Gasteiger partial charge in [0, 0.05) is 5.92 Å². The van der Waals surface area contributed by atoms with Crippen LogP contribution in [0.2, 0.25) is 0 Å². The van der Waals surface area contributed by atoms with Crippen molar-refractivity contribution in [3.63, 3.8) is 0 Å². The first-order valence-electron chi connectivity index (χ1n) is 5.08. The van der Waals surface area contributed by atoms with Crippen LogP contribution >= 0.6 is 0 Å². The molecule has 1 aromatic rings. The molecule has 0 spiro atoms. The van der Waals surface area contributed by atoms with Crippen molar-refractivity contribution in [2.24, 2.45) is 11.7 Å². The Labute approximate surface area is 95.3 Å². The minimum atomic E-state index is -0.296. The largest absolute Gasteiger partial charge is 0.493 e. The fourth-order valence-electron chi connectivity index (χ4n) is 1.46. The van der Waals surface area contributed by atoms with Gasteiger partial charge in [-0.05, 0) is 24.1 Å². The number of ether oxygens (including phenoxy) is 2. The fourth-order valence-corrected chi connectivity index (χ4v) is 1.46. The van der Waals surface area contributed by atoms with Crippen molar-refractivity contribution in [2.45, 2.75) is 13.3 Å². The van der Waals surface area contributed by atoms with E-state index in [4.69, 9.17) is 15.2 Å². The Morgan fingerprint density at radius 3 is 2.44 bits per heavy atom. The fraction of sp³-hybridized carbons (Fsp3) is 0.417.